The van der Waals surface area contributed by atoms with Gasteiger partial charge in [0, 0.05) is 13.2 Å². The Morgan fingerprint density at radius 3 is 2.10 bits per heavy atom. The Hall–Kier alpha value is -0.740. The van der Waals surface area contributed by atoms with Gasteiger partial charge in [0.15, 0.2) is 0 Å². The van der Waals surface area contributed by atoms with Crippen LogP contribution in [-0.2, 0) is 0 Å². The van der Waals surface area contributed by atoms with E-state index in [1.807, 2.05) is 0 Å². The van der Waals surface area contributed by atoms with Gasteiger partial charge in [-0.05, 0) is 13.8 Å². The molecule has 0 saturated carbocycles. The molecule has 0 fully saturated rings. The minimum atomic E-state index is -0.992. The molecule has 0 amide bonds. The SMILES string of the molecule is CN(N)/C=C(\N)C(C)(C)O. The summed E-state index contributed by atoms with van der Waals surface area (Å²) in [7, 11) is 1.64. The molecule has 0 aliphatic carbocycles. The van der Waals surface area contributed by atoms with Crippen molar-refractivity contribution in [3.63, 3.8) is 0 Å². The topological polar surface area (TPSA) is 75.5 Å². The lowest BCUT2D eigenvalue weighted by Gasteiger charge is -2.19. The fourth-order valence-electron chi connectivity index (χ4n) is 0.377. The van der Waals surface area contributed by atoms with Gasteiger partial charge in [0.2, 0.25) is 0 Å². The van der Waals surface area contributed by atoms with Crippen LogP contribution in [0.15, 0.2) is 11.9 Å². The molecule has 60 valence electrons. The minimum Gasteiger partial charge on any atom is -0.398 e. The van der Waals surface area contributed by atoms with Crippen LogP contribution in [0.1, 0.15) is 13.8 Å². The quantitative estimate of drug-likeness (QED) is 0.357. The van der Waals surface area contributed by atoms with Crippen LogP contribution in [-0.4, -0.2) is 22.8 Å². The van der Waals surface area contributed by atoms with Crippen molar-refractivity contribution in [3.8, 4) is 0 Å². The summed E-state index contributed by atoms with van der Waals surface area (Å²) in [5.41, 5.74) is 4.79. The molecule has 0 rings (SSSR count). The van der Waals surface area contributed by atoms with Crippen molar-refractivity contribution >= 4 is 0 Å². The predicted molar refractivity (Wildman–Crippen MR) is 40.5 cm³/mol. The molecule has 0 spiro atoms. The smallest absolute Gasteiger partial charge is 0.0997 e. The molecule has 0 aromatic rings. The molecule has 0 unspecified atom stereocenters. The van der Waals surface area contributed by atoms with Crippen molar-refractivity contribution in [3.05, 3.63) is 11.9 Å². The Kier molecular flexibility index (Phi) is 2.68. The molecule has 5 N–H and O–H groups in total. The molecule has 10 heavy (non-hydrogen) atoms. The molecule has 0 radical (unpaired) electrons. The third-order valence-electron chi connectivity index (χ3n) is 1.05. The van der Waals surface area contributed by atoms with E-state index >= 15 is 0 Å². The molecular formula is C6H15N3O. The third-order valence-corrected chi connectivity index (χ3v) is 1.05. The molecule has 0 heterocycles. The van der Waals surface area contributed by atoms with Gasteiger partial charge in [0.1, 0.15) is 0 Å². The van der Waals surface area contributed by atoms with E-state index in [0.717, 1.165) is 0 Å². The van der Waals surface area contributed by atoms with Gasteiger partial charge in [-0.15, -0.1) is 0 Å². The van der Waals surface area contributed by atoms with Gasteiger partial charge in [0.05, 0.1) is 11.3 Å². The second-order valence-electron chi connectivity index (χ2n) is 2.81. The molecular weight excluding hydrogens is 130 g/mol. The molecule has 0 aromatic carbocycles. The summed E-state index contributed by atoms with van der Waals surface area (Å²) in [6, 6.07) is 0. The Bertz CT molecular complexity index is 134. The van der Waals surface area contributed by atoms with Gasteiger partial charge in [-0.2, -0.15) is 0 Å². The summed E-state index contributed by atoms with van der Waals surface area (Å²) in [4.78, 5) is 0. The zero-order valence-corrected chi connectivity index (χ0v) is 6.63. The molecule has 0 aliphatic heterocycles. The molecule has 0 bridgehead atoms. The summed E-state index contributed by atoms with van der Waals surface area (Å²) in [5, 5.41) is 10.6. The average molecular weight is 145 g/mol. The standard InChI is InChI=1S/C6H15N3O/c1-6(2,10)5(7)4-9(3)8/h4,10H,7-8H2,1-3H3/b5-4-. The van der Waals surface area contributed by atoms with E-state index in [-0.39, 0.29) is 0 Å². The second-order valence-corrected chi connectivity index (χ2v) is 2.81. The summed E-state index contributed by atoms with van der Waals surface area (Å²) in [6.45, 7) is 3.20. The first-order valence-electron chi connectivity index (χ1n) is 3.01. The third kappa shape index (κ3) is 3.32. The first-order chi connectivity index (χ1) is 4.34. The van der Waals surface area contributed by atoms with Crippen LogP contribution in [0.3, 0.4) is 0 Å². The highest BCUT2D eigenvalue weighted by molar-refractivity contribution is 5.07. The van der Waals surface area contributed by atoms with Gasteiger partial charge in [-0.3, -0.25) is 0 Å². The summed E-state index contributed by atoms with van der Waals surface area (Å²) >= 11 is 0. The van der Waals surface area contributed by atoms with Crippen LogP contribution in [0.4, 0.5) is 0 Å². The van der Waals surface area contributed by atoms with Crippen molar-refractivity contribution in [2.45, 2.75) is 19.4 Å². The Labute approximate surface area is 61.1 Å². The molecule has 0 aliphatic rings. The normalized spacial score (nSPS) is 13.5. The maximum absolute atomic E-state index is 9.26. The number of aliphatic hydroxyl groups is 1. The maximum Gasteiger partial charge on any atom is 0.0997 e. The van der Waals surface area contributed by atoms with Crippen molar-refractivity contribution < 1.29 is 5.11 Å². The number of nitrogens with zero attached hydrogens (tertiary/aromatic N) is 1. The van der Waals surface area contributed by atoms with Crippen LogP contribution in [0.2, 0.25) is 0 Å². The number of hydrogen-bond acceptors (Lipinski definition) is 4. The van der Waals surface area contributed by atoms with Crippen molar-refractivity contribution in [1.29, 1.82) is 0 Å². The van der Waals surface area contributed by atoms with Gasteiger partial charge in [-0.1, -0.05) is 0 Å². The van der Waals surface area contributed by atoms with Gasteiger partial charge >= 0.3 is 0 Å². The zero-order valence-electron chi connectivity index (χ0n) is 6.63. The number of hydrazine groups is 1. The monoisotopic (exact) mass is 145 g/mol. The highest BCUT2D eigenvalue weighted by Crippen LogP contribution is 2.08. The van der Waals surface area contributed by atoms with E-state index in [9.17, 15) is 5.11 Å². The van der Waals surface area contributed by atoms with Crippen LogP contribution in [0, 0.1) is 0 Å². The summed E-state index contributed by atoms with van der Waals surface area (Å²) < 4.78 is 0. The van der Waals surface area contributed by atoms with Crippen molar-refractivity contribution in [2.75, 3.05) is 7.05 Å². The van der Waals surface area contributed by atoms with Crippen molar-refractivity contribution in [2.24, 2.45) is 11.6 Å². The molecule has 0 aromatic heterocycles. The van der Waals surface area contributed by atoms with E-state index in [1.165, 1.54) is 11.2 Å². The Morgan fingerprint density at radius 2 is 2.00 bits per heavy atom. The molecule has 0 saturated heterocycles. The summed E-state index contributed by atoms with van der Waals surface area (Å²) in [6.07, 6.45) is 1.47. The lowest BCUT2D eigenvalue weighted by molar-refractivity contribution is 0.116. The van der Waals surface area contributed by atoms with Gasteiger partial charge in [0.25, 0.3) is 0 Å². The van der Waals surface area contributed by atoms with Crippen LogP contribution in [0.5, 0.6) is 0 Å². The van der Waals surface area contributed by atoms with E-state index < -0.39 is 5.60 Å². The first-order valence-corrected chi connectivity index (χ1v) is 3.01. The Morgan fingerprint density at radius 1 is 1.60 bits per heavy atom. The second kappa shape index (κ2) is 2.90. The van der Waals surface area contributed by atoms with Crippen LogP contribution < -0.4 is 11.6 Å². The number of rotatable bonds is 2. The fourth-order valence-corrected chi connectivity index (χ4v) is 0.377. The van der Waals surface area contributed by atoms with Crippen LogP contribution >= 0.6 is 0 Å². The maximum atomic E-state index is 9.26. The average Bonchev–Trinajstić information content (AvgIpc) is 1.60. The van der Waals surface area contributed by atoms with E-state index in [4.69, 9.17) is 11.6 Å². The van der Waals surface area contributed by atoms with Gasteiger partial charge in [-0.25, -0.2) is 5.84 Å². The summed E-state index contributed by atoms with van der Waals surface area (Å²) in [5.74, 6) is 5.26. The minimum absolute atomic E-state index is 0.345. The highest BCUT2D eigenvalue weighted by atomic mass is 16.3. The lowest BCUT2D eigenvalue weighted by atomic mass is 10.1. The molecule has 4 heteroatoms. The van der Waals surface area contributed by atoms with E-state index in [0.29, 0.717) is 5.70 Å². The first kappa shape index (κ1) is 9.26. The zero-order chi connectivity index (χ0) is 8.36. The lowest BCUT2D eigenvalue weighted by Crippen LogP contribution is -2.31. The van der Waals surface area contributed by atoms with E-state index in [1.54, 1.807) is 20.9 Å². The van der Waals surface area contributed by atoms with Gasteiger partial charge < -0.3 is 15.8 Å². The Balaban J connectivity index is 4.20. The predicted octanol–water partition coefficient (Wildman–Crippen LogP) is -0.637. The largest absolute Gasteiger partial charge is 0.398 e. The molecule has 4 nitrogen and oxygen atoms in total. The number of hydrogen-bond donors (Lipinski definition) is 3. The molecule has 0 atom stereocenters. The van der Waals surface area contributed by atoms with Crippen LogP contribution in [0.25, 0.3) is 0 Å². The number of nitrogens with two attached hydrogens (primary N) is 2. The highest BCUT2D eigenvalue weighted by Gasteiger charge is 2.15. The fraction of sp³-hybridized carbons (Fsp3) is 0.667. The van der Waals surface area contributed by atoms with E-state index in [2.05, 4.69) is 0 Å². The van der Waals surface area contributed by atoms with Crippen molar-refractivity contribution in [1.82, 2.24) is 5.01 Å².